The monoisotopic (exact) mass is 270 g/mol. The van der Waals surface area contributed by atoms with Crippen LogP contribution in [0.15, 0.2) is 56.7 Å². The van der Waals surface area contributed by atoms with E-state index in [1.807, 2.05) is 41.1 Å². The van der Waals surface area contributed by atoms with Gasteiger partial charge in [-0.2, -0.15) is 16.4 Å². The average molecular weight is 270 g/mol. The molecule has 5 heteroatoms. The Bertz CT molecular complexity index is 696. The van der Waals surface area contributed by atoms with E-state index >= 15 is 0 Å². The van der Waals surface area contributed by atoms with Gasteiger partial charge in [-0.3, -0.25) is 4.79 Å². The summed E-state index contributed by atoms with van der Waals surface area (Å²) in [6.07, 6.45) is 1.59. The summed E-state index contributed by atoms with van der Waals surface area (Å²) >= 11 is 1.58. The Morgan fingerprint density at radius 2 is 2.21 bits per heavy atom. The van der Waals surface area contributed by atoms with E-state index < -0.39 is 0 Å². The van der Waals surface area contributed by atoms with Crippen LogP contribution in [0.5, 0.6) is 0 Å². The van der Waals surface area contributed by atoms with E-state index in [-0.39, 0.29) is 11.7 Å². The molecule has 0 saturated heterocycles. The first-order valence-corrected chi connectivity index (χ1v) is 6.61. The van der Waals surface area contributed by atoms with E-state index in [2.05, 4.69) is 10.5 Å². The molecule has 19 heavy (non-hydrogen) atoms. The van der Waals surface area contributed by atoms with Crippen molar-refractivity contribution in [3.8, 4) is 0 Å². The van der Waals surface area contributed by atoms with E-state index in [4.69, 9.17) is 4.42 Å². The summed E-state index contributed by atoms with van der Waals surface area (Å²) in [6, 6.07) is 11.1. The number of carbonyl (C=O) groups excluding carboxylic acids is 1. The Labute approximate surface area is 113 Å². The Kier molecular flexibility index (Phi) is 3.12. The highest BCUT2D eigenvalue weighted by atomic mass is 32.1. The fourth-order valence-electron chi connectivity index (χ4n) is 1.66. The highest BCUT2D eigenvalue weighted by molar-refractivity contribution is 7.08. The maximum Gasteiger partial charge on any atom is 0.307 e. The molecule has 94 valence electrons. The largest absolute Gasteiger partial charge is 0.451 e. The van der Waals surface area contributed by atoms with Crippen LogP contribution in [0.25, 0.3) is 11.0 Å². The summed E-state index contributed by atoms with van der Waals surface area (Å²) in [4.78, 5) is 11.8. The number of hydrogen-bond acceptors (Lipinski definition) is 4. The van der Waals surface area contributed by atoms with Crippen LogP contribution in [0, 0.1) is 0 Å². The van der Waals surface area contributed by atoms with Crippen LogP contribution >= 0.6 is 11.3 Å². The molecular formula is C14H10N2O2S. The second-order valence-electron chi connectivity index (χ2n) is 3.90. The van der Waals surface area contributed by atoms with Gasteiger partial charge in [-0.15, -0.1) is 0 Å². The van der Waals surface area contributed by atoms with Gasteiger partial charge in [0.25, 0.3) is 0 Å². The van der Waals surface area contributed by atoms with Gasteiger partial charge in [0.15, 0.2) is 5.76 Å². The van der Waals surface area contributed by atoms with Crippen molar-refractivity contribution in [2.75, 3.05) is 0 Å². The normalized spacial score (nSPS) is 11.2. The SMILES string of the molecule is O=C(N/N=C/c1ccsc1)c1cc2ccccc2o1. The second-order valence-corrected chi connectivity index (χ2v) is 4.68. The molecule has 1 aromatic carbocycles. The highest BCUT2D eigenvalue weighted by Crippen LogP contribution is 2.18. The van der Waals surface area contributed by atoms with Crippen molar-refractivity contribution in [3.05, 3.63) is 58.5 Å². The zero-order chi connectivity index (χ0) is 13.1. The van der Waals surface area contributed by atoms with Crippen molar-refractivity contribution in [2.45, 2.75) is 0 Å². The predicted molar refractivity (Wildman–Crippen MR) is 75.6 cm³/mol. The summed E-state index contributed by atoms with van der Waals surface area (Å²) in [5, 5.41) is 8.67. The van der Waals surface area contributed by atoms with E-state index in [1.54, 1.807) is 23.6 Å². The number of hydrogen-bond donors (Lipinski definition) is 1. The lowest BCUT2D eigenvalue weighted by molar-refractivity contribution is 0.0929. The van der Waals surface area contributed by atoms with Crippen molar-refractivity contribution in [3.63, 3.8) is 0 Å². The van der Waals surface area contributed by atoms with Crippen molar-refractivity contribution in [2.24, 2.45) is 5.10 Å². The van der Waals surface area contributed by atoms with E-state index in [0.717, 1.165) is 10.9 Å². The number of rotatable bonds is 3. The molecule has 0 atom stereocenters. The average Bonchev–Trinajstić information content (AvgIpc) is 3.07. The first-order valence-electron chi connectivity index (χ1n) is 5.67. The molecule has 1 N–H and O–H groups in total. The molecule has 0 radical (unpaired) electrons. The van der Waals surface area contributed by atoms with Crippen molar-refractivity contribution in [1.29, 1.82) is 0 Å². The number of thiophene rings is 1. The van der Waals surface area contributed by atoms with Crippen LogP contribution < -0.4 is 5.43 Å². The minimum Gasteiger partial charge on any atom is -0.451 e. The van der Waals surface area contributed by atoms with Crippen LogP contribution in [0.4, 0.5) is 0 Å². The van der Waals surface area contributed by atoms with Gasteiger partial charge in [0.2, 0.25) is 0 Å². The second kappa shape index (κ2) is 5.07. The lowest BCUT2D eigenvalue weighted by Crippen LogP contribution is -2.16. The Morgan fingerprint density at radius 3 is 3.00 bits per heavy atom. The van der Waals surface area contributed by atoms with Gasteiger partial charge in [0.1, 0.15) is 5.58 Å². The molecule has 2 aromatic heterocycles. The molecule has 1 amide bonds. The van der Waals surface area contributed by atoms with Crippen LogP contribution in [0.3, 0.4) is 0 Å². The molecule has 0 unspecified atom stereocenters. The number of nitrogens with zero attached hydrogens (tertiary/aromatic N) is 1. The molecule has 4 nitrogen and oxygen atoms in total. The maximum atomic E-state index is 11.8. The number of fused-ring (bicyclic) bond motifs is 1. The first-order chi connectivity index (χ1) is 9.33. The fraction of sp³-hybridized carbons (Fsp3) is 0. The summed E-state index contributed by atoms with van der Waals surface area (Å²) in [5.41, 5.74) is 4.08. The molecule has 0 saturated carbocycles. The quantitative estimate of drug-likeness (QED) is 0.586. The Hall–Kier alpha value is -2.40. The number of carbonyl (C=O) groups is 1. The molecule has 0 bridgehead atoms. The summed E-state index contributed by atoms with van der Waals surface area (Å²) in [6.45, 7) is 0. The third kappa shape index (κ3) is 2.56. The number of hydrazone groups is 1. The number of furan rings is 1. The van der Waals surface area contributed by atoms with Gasteiger partial charge in [0, 0.05) is 10.9 Å². The zero-order valence-electron chi connectivity index (χ0n) is 9.87. The van der Waals surface area contributed by atoms with Gasteiger partial charge < -0.3 is 4.42 Å². The first kappa shape index (κ1) is 11.7. The van der Waals surface area contributed by atoms with Crippen LogP contribution in [-0.2, 0) is 0 Å². The van der Waals surface area contributed by atoms with Gasteiger partial charge in [-0.25, -0.2) is 5.43 Å². The molecule has 3 rings (SSSR count). The maximum absolute atomic E-state index is 11.8. The summed E-state index contributed by atoms with van der Waals surface area (Å²) in [5.74, 6) is -0.105. The third-order valence-electron chi connectivity index (χ3n) is 2.57. The molecule has 0 aliphatic rings. The van der Waals surface area contributed by atoms with Crippen molar-refractivity contribution < 1.29 is 9.21 Å². The highest BCUT2D eigenvalue weighted by Gasteiger charge is 2.10. The van der Waals surface area contributed by atoms with Gasteiger partial charge in [-0.05, 0) is 29.0 Å². The number of benzene rings is 1. The number of amides is 1. The third-order valence-corrected chi connectivity index (χ3v) is 3.27. The number of para-hydroxylation sites is 1. The summed E-state index contributed by atoms with van der Waals surface area (Å²) < 4.78 is 5.43. The smallest absolute Gasteiger partial charge is 0.307 e. The van der Waals surface area contributed by atoms with Crippen LogP contribution in [0.2, 0.25) is 0 Å². The lowest BCUT2D eigenvalue weighted by Gasteiger charge is -1.93. The minimum atomic E-state index is -0.359. The number of nitrogens with one attached hydrogen (secondary N) is 1. The van der Waals surface area contributed by atoms with E-state index in [1.165, 1.54) is 0 Å². The van der Waals surface area contributed by atoms with Gasteiger partial charge in [-0.1, -0.05) is 18.2 Å². The lowest BCUT2D eigenvalue weighted by atomic mass is 10.2. The zero-order valence-corrected chi connectivity index (χ0v) is 10.7. The molecule has 2 heterocycles. The molecule has 0 aliphatic heterocycles. The Morgan fingerprint density at radius 1 is 1.32 bits per heavy atom. The molecular weight excluding hydrogens is 260 g/mol. The molecule has 3 aromatic rings. The van der Waals surface area contributed by atoms with Crippen molar-refractivity contribution in [1.82, 2.24) is 5.43 Å². The van der Waals surface area contributed by atoms with Gasteiger partial charge in [0.05, 0.1) is 6.21 Å². The minimum absolute atomic E-state index is 0.253. The van der Waals surface area contributed by atoms with E-state index in [0.29, 0.717) is 5.58 Å². The van der Waals surface area contributed by atoms with Crippen molar-refractivity contribution >= 4 is 34.4 Å². The predicted octanol–water partition coefficient (Wildman–Crippen LogP) is 3.26. The molecule has 0 aliphatic carbocycles. The van der Waals surface area contributed by atoms with Crippen LogP contribution in [0.1, 0.15) is 16.1 Å². The summed E-state index contributed by atoms with van der Waals surface area (Å²) in [7, 11) is 0. The molecule has 0 spiro atoms. The topological polar surface area (TPSA) is 54.6 Å². The van der Waals surface area contributed by atoms with E-state index in [9.17, 15) is 4.79 Å². The van der Waals surface area contributed by atoms with Crippen LogP contribution in [-0.4, -0.2) is 12.1 Å². The fourth-order valence-corrected chi connectivity index (χ4v) is 2.27. The standard InChI is InChI=1S/C14H10N2O2S/c17-14(16-15-8-10-5-6-19-9-10)13-7-11-3-1-2-4-12(11)18-13/h1-9H,(H,16,17)/b15-8+. The molecule has 0 fully saturated rings. The Balaban J connectivity index is 1.73. The van der Waals surface area contributed by atoms with Gasteiger partial charge >= 0.3 is 5.91 Å².